The third-order valence-corrected chi connectivity index (χ3v) is 2.68. The van der Waals surface area contributed by atoms with Crippen LogP contribution in [-0.2, 0) is 0 Å². The first-order chi connectivity index (χ1) is 7.77. The average Bonchev–Trinajstić information content (AvgIpc) is 2.35. The highest BCUT2D eigenvalue weighted by Crippen LogP contribution is 2.19. The molecule has 1 aromatic rings. The third-order valence-electron chi connectivity index (χ3n) is 2.68. The Bertz CT molecular complexity index is 306. The molecule has 0 bridgehead atoms. The lowest BCUT2D eigenvalue weighted by Gasteiger charge is -2.18. The van der Waals surface area contributed by atoms with Crippen LogP contribution < -0.4 is 5.32 Å². The first-order valence-electron chi connectivity index (χ1n) is 6.08. The second kappa shape index (κ2) is 7.18. The van der Waals surface area contributed by atoms with Gasteiger partial charge >= 0.3 is 0 Å². The van der Waals surface area contributed by atoms with E-state index in [-0.39, 0.29) is 0 Å². The number of aromatic nitrogens is 1. The average molecular weight is 218 g/mol. The van der Waals surface area contributed by atoms with Gasteiger partial charge < -0.3 is 5.32 Å². The van der Waals surface area contributed by atoms with Crippen LogP contribution in [0.3, 0.4) is 0 Å². The smallest absolute Gasteiger partial charge is 0.0576 e. The molecule has 2 nitrogen and oxygen atoms in total. The second-order valence-electron chi connectivity index (χ2n) is 4.07. The maximum absolute atomic E-state index is 4.42. The summed E-state index contributed by atoms with van der Waals surface area (Å²) in [6.45, 7) is 9.43. The molecular weight excluding hydrogens is 196 g/mol. The lowest BCUT2D eigenvalue weighted by Crippen LogP contribution is -2.23. The summed E-state index contributed by atoms with van der Waals surface area (Å²) in [4.78, 5) is 4.42. The first-order valence-corrected chi connectivity index (χ1v) is 6.08. The first kappa shape index (κ1) is 12.9. The molecule has 1 rings (SSSR count). The van der Waals surface area contributed by atoms with Gasteiger partial charge in [-0.1, -0.05) is 32.1 Å². The molecule has 0 radical (unpaired) electrons. The zero-order valence-corrected chi connectivity index (χ0v) is 10.4. The van der Waals surface area contributed by atoms with E-state index >= 15 is 0 Å². The minimum absolute atomic E-state index is 0.314. The van der Waals surface area contributed by atoms with Crippen LogP contribution in [0.5, 0.6) is 0 Å². The minimum Gasteiger partial charge on any atom is -0.308 e. The Balaban J connectivity index is 2.67. The zero-order chi connectivity index (χ0) is 11.8. The van der Waals surface area contributed by atoms with Gasteiger partial charge in [-0.15, -0.1) is 0 Å². The molecule has 0 saturated carbocycles. The Morgan fingerprint density at radius 1 is 1.44 bits per heavy atom. The van der Waals surface area contributed by atoms with Gasteiger partial charge in [-0.3, -0.25) is 4.98 Å². The Kier molecular flexibility index (Phi) is 5.79. The summed E-state index contributed by atoms with van der Waals surface area (Å²) in [5.74, 6) is 0. The topological polar surface area (TPSA) is 24.9 Å². The summed E-state index contributed by atoms with van der Waals surface area (Å²) < 4.78 is 0. The molecule has 1 aromatic heterocycles. The van der Waals surface area contributed by atoms with Crippen molar-refractivity contribution in [2.45, 2.75) is 39.2 Å². The van der Waals surface area contributed by atoms with Crippen LogP contribution in [-0.4, -0.2) is 11.5 Å². The molecule has 0 aliphatic rings. The number of rotatable bonds is 7. The van der Waals surface area contributed by atoms with E-state index in [9.17, 15) is 0 Å². The monoisotopic (exact) mass is 218 g/mol. The number of nitrogens with zero attached hydrogens (tertiary/aromatic N) is 1. The van der Waals surface area contributed by atoms with Gasteiger partial charge in [0.2, 0.25) is 0 Å². The van der Waals surface area contributed by atoms with E-state index in [1.165, 1.54) is 5.57 Å². The number of hydrogen-bond donors (Lipinski definition) is 1. The summed E-state index contributed by atoms with van der Waals surface area (Å²) in [5.41, 5.74) is 2.39. The number of nitrogens with one attached hydrogen (secondary N) is 1. The Labute approximate surface area is 98.8 Å². The molecule has 0 saturated heterocycles. The quantitative estimate of drug-likeness (QED) is 0.709. The lowest BCUT2D eigenvalue weighted by atomic mass is 10.0. The molecule has 1 heterocycles. The number of hydrogen-bond acceptors (Lipinski definition) is 2. The van der Waals surface area contributed by atoms with Gasteiger partial charge in [-0.05, 0) is 37.9 Å². The normalized spacial score (nSPS) is 12.4. The molecule has 0 aliphatic carbocycles. The fraction of sp³-hybridized carbons (Fsp3) is 0.500. The predicted molar refractivity (Wildman–Crippen MR) is 69.3 cm³/mol. The van der Waals surface area contributed by atoms with Crippen molar-refractivity contribution < 1.29 is 0 Å². The van der Waals surface area contributed by atoms with Gasteiger partial charge in [0.05, 0.1) is 11.7 Å². The van der Waals surface area contributed by atoms with Crippen molar-refractivity contribution in [3.8, 4) is 0 Å². The van der Waals surface area contributed by atoms with E-state index in [0.717, 1.165) is 31.5 Å². The molecule has 16 heavy (non-hydrogen) atoms. The lowest BCUT2D eigenvalue weighted by molar-refractivity contribution is 0.512. The van der Waals surface area contributed by atoms with E-state index < -0.39 is 0 Å². The Hall–Kier alpha value is -1.15. The zero-order valence-electron chi connectivity index (χ0n) is 10.4. The summed E-state index contributed by atoms with van der Waals surface area (Å²) in [6.07, 6.45) is 5.01. The fourth-order valence-corrected chi connectivity index (χ4v) is 1.61. The number of pyridine rings is 1. The maximum atomic E-state index is 4.42. The van der Waals surface area contributed by atoms with Crippen LogP contribution in [0, 0.1) is 0 Å². The molecule has 0 fully saturated rings. The molecule has 0 amide bonds. The van der Waals surface area contributed by atoms with Crippen LogP contribution in [0.4, 0.5) is 0 Å². The van der Waals surface area contributed by atoms with E-state index in [0.29, 0.717) is 6.04 Å². The molecule has 0 spiro atoms. The van der Waals surface area contributed by atoms with Crippen molar-refractivity contribution in [2.75, 3.05) is 6.54 Å². The SMILES string of the molecule is C=C(CC)CC(NCCC)c1ccccn1. The second-order valence-corrected chi connectivity index (χ2v) is 4.07. The van der Waals surface area contributed by atoms with Gasteiger partial charge in [-0.25, -0.2) is 0 Å². The summed E-state index contributed by atoms with van der Waals surface area (Å²) in [7, 11) is 0. The van der Waals surface area contributed by atoms with Gasteiger partial charge in [0, 0.05) is 6.20 Å². The van der Waals surface area contributed by atoms with E-state index in [1.54, 1.807) is 0 Å². The highest BCUT2D eigenvalue weighted by atomic mass is 14.9. The summed E-state index contributed by atoms with van der Waals surface area (Å²) >= 11 is 0. The highest BCUT2D eigenvalue weighted by Gasteiger charge is 2.12. The van der Waals surface area contributed by atoms with E-state index in [1.807, 2.05) is 18.3 Å². The minimum atomic E-state index is 0.314. The highest BCUT2D eigenvalue weighted by molar-refractivity contribution is 5.12. The van der Waals surface area contributed by atoms with Crippen LogP contribution in [0.15, 0.2) is 36.5 Å². The molecular formula is C14H22N2. The van der Waals surface area contributed by atoms with Crippen molar-refractivity contribution in [1.29, 1.82) is 0 Å². The van der Waals surface area contributed by atoms with Crippen LogP contribution in [0.1, 0.15) is 44.8 Å². The Morgan fingerprint density at radius 2 is 2.25 bits per heavy atom. The Morgan fingerprint density at radius 3 is 2.81 bits per heavy atom. The largest absolute Gasteiger partial charge is 0.308 e. The molecule has 88 valence electrons. The van der Waals surface area contributed by atoms with E-state index in [4.69, 9.17) is 0 Å². The molecule has 2 heteroatoms. The summed E-state index contributed by atoms with van der Waals surface area (Å²) in [5, 5.41) is 3.53. The predicted octanol–water partition coefficient (Wildman–Crippen LogP) is 3.48. The summed E-state index contributed by atoms with van der Waals surface area (Å²) in [6, 6.07) is 6.39. The van der Waals surface area contributed by atoms with Gasteiger partial charge in [-0.2, -0.15) is 0 Å². The van der Waals surface area contributed by atoms with E-state index in [2.05, 4.69) is 36.8 Å². The molecule has 0 aromatic carbocycles. The van der Waals surface area contributed by atoms with Crippen molar-refractivity contribution in [1.82, 2.24) is 10.3 Å². The van der Waals surface area contributed by atoms with Crippen LogP contribution in [0.2, 0.25) is 0 Å². The van der Waals surface area contributed by atoms with Crippen molar-refractivity contribution in [2.24, 2.45) is 0 Å². The molecule has 1 N–H and O–H groups in total. The maximum Gasteiger partial charge on any atom is 0.0576 e. The fourth-order valence-electron chi connectivity index (χ4n) is 1.61. The van der Waals surface area contributed by atoms with Crippen LogP contribution in [0.25, 0.3) is 0 Å². The molecule has 1 atom stereocenters. The van der Waals surface area contributed by atoms with Crippen molar-refractivity contribution in [3.05, 3.63) is 42.2 Å². The van der Waals surface area contributed by atoms with Gasteiger partial charge in [0.15, 0.2) is 0 Å². The van der Waals surface area contributed by atoms with Gasteiger partial charge in [0.25, 0.3) is 0 Å². The van der Waals surface area contributed by atoms with Crippen LogP contribution >= 0.6 is 0 Å². The van der Waals surface area contributed by atoms with Crippen molar-refractivity contribution >= 4 is 0 Å². The standard InChI is InChI=1S/C14H22N2/c1-4-9-15-14(11-12(3)5-2)13-8-6-7-10-16-13/h6-8,10,14-15H,3-5,9,11H2,1-2H3. The van der Waals surface area contributed by atoms with Crippen molar-refractivity contribution in [3.63, 3.8) is 0 Å². The third kappa shape index (κ3) is 4.15. The molecule has 0 aliphatic heterocycles. The molecule has 1 unspecified atom stereocenters. The van der Waals surface area contributed by atoms with Gasteiger partial charge in [0.1, 0.15) is 0 Å².